The minimum atomic E-state index is -0.931. The van der Waals surface area contributed by atoms with E-state index in [1.807, 2.05) is 13.1 Å². The Morgan fingerprint density at radius 3 is 2.55 bits per heavy atom. The van der Waals surface area contributed by atoms with E-state index in [-0.39, 0.29) is 0 Å². The molecule has 0 fully saturated rings. The van der Waals surface area contributed by atoms with Gasteiger partial charge < -0.3 is 0 Å². The Hall–Kier alpha value is -1.23. The van der Waals surface area contributed by atoms with Gasteiger partial charge in [0.05, 0.1) is 0 Å². The predicted molar refractivity (Wildman–Crippen MR) is 79.5 cm³/mol. The van der Waals surface area contributed by atoms with Gasteiger partial charge in [-0.2, -0.15) is 0 Å². The van der Waals surface area contributed by atoms with E-state index in [2.05, 4.69) is 52.5 Å². The summed E-state index contributed by atoms with van der Waals surface area (Å²) in [5.74, 6) is 0.841. The third-order valence-corrected chi connectivity index (χ3v) is 7.18. The quantitative estimate of drug-likeness (QED) is 0.738. The molecule has 2 aromatic carbocycles. The van der Waals surface area contributed by atoms with Crippen LogP contribution in [-0.4, -0.2) is 16.5 Å². The fraction of sp³-hybridized carbons (Fsp3) is 0.133. The van der Waals surface area contributed by atoms with Crippen LogP contribution < -0.4 is 23.3 Å². The Morgan fingerprint density at radius 1 is 1.05 bits per heavy atom. The zero-order valence-electron chi connectivity index (χ0n) is 11.5. The number of rotatable bonds is 4. The van der Waals surface area contributed by atoms with Gasteiger partial charge in [0.15, 0.2) is 0 Å². The molecule has 0 amide bonds. The molecule has 3 rings (SSSR count). The molecule has 4 nitrogen and oxygen atoms in total. The second kappa shape index (κ2) is 6.04. The Labute approximate surface area is 133 Å². The van der Waals surface area contributed by atoms with E-state index in [0.29, 0.717) is 0 Å². The van der Waals surface area contributed by atoms with Gasteiger partial charge in [-0.1, -0.05) is 0 Å². The van der Waals surface area contributed by atoms with E-state index in [9.17, 15) is 0 Å². The predicted octanol–water partition coefficient (Wildman–Crippen LogP) is 1.55. The maximum absolute atomic E-state index is 5.32. The Kier molecular flexibility index (Phi) is 4.15. The van der Waals surface area contributed by atoms with Crippen LogP contribution in [0.2, 0.25) is 0 Å². The topological polar surface area (TPSA) is 45.3 Å². The molecule has 0 radical (unpaired) electrons. The molecule has 100 valence electrons. The standard InChI is InChI=1S/C15H16N3O.Y/c1-16-13-8-6-12(7-9-13)11-18-14-4-3-5-15(10-14)19-17-2;/h3,5-10,16-18H,1-2H3;. The van der Waals surface area contributed by atoms with Crippen LogP contribution in [-0.2, 0) is 28.7 Å². The molecule has 2 aromatic rings. The monoisotopic (exact) mass is 343 g/mol. The zero-order valence-corrected chi connectivity index (χ0v) is 14.4. The van der Waals surface area contributed by atoms with Crippen LogP contribution in [0.3, 0.4) is 0 Å². The number of hydroxylamine groups is 1. The molecule has 0 saturated carbocycles. The summed E-state index contributed by atoms with van der Waals surface area (Å²) in [4.78, 5) is 5.32. The molecule has 5 heteroatoms. The molecule has 1 heterocycles. The van der Waals surface area contributed by atoms with Gasteiger partial charge in [-0.25, -0.2) is 0 Å². The fourth-order valence-corrected chi connectivity index (χ4v) is 5.70. The first-order valence-electron chi connectivity index (χ1n) is 6.54. The van der Waals surface area contributed by atoms with Crippen molar-refractivity contribution < 1.29 is 33.5 Å². The normalized spacial score (nSPS) is 12.0. The van der Waals surface area contributed by atoms with Crippen LogP contribution >= 0.6 is 0 Å². The van der Waals surface area contributed by atoms with Crippen LogP contribution in [0.1, 0.15) is 5.56 Å². The summed E-state index contributed by atoms with van der Waals surface area (Å²) in [6.45, 7) is 0. The maximum atomic E-state index is 5.32. The van der Waals surface area contributed by atoms with Crippen LogP contribution in [0.4, 0.5) is 11.4 Å². The average Bonchev–Trinajstić information content (AvgIpc) is 2.91. The molecule has 0 bridgehead atoms. The number of hydrogen-bond donors (Lipinski definition) is 3. The molecule has 0 aliphatic carbocycles. The summed E-state index contributed by atoms with van der Waals surface area (Å²) in [6, 6.07) is 14.9. The molecule has 0 unspecified atom stereocenters. The molecule has 20 heavy (non-hydrogen) atoms. The van der Waals surface area contributed by atoms with E-state index in [1.165, 1.54) is 16.0 Å². The molecule has 3 N–H and O–H groups in total. The average molecular weight is 343 g/mol. The summed E-state index contributed by atoms with van der Waals surface area (Å²) >= 11 is -0.931. The van der Waals surface area contributed by atoms with E-state index in [1.54, 1.807) is 7.05 Å². The third-order valence-electron chi connectivity index (χ3n) is 3.30. The second-order valence-corrected chi connectivity index (χ2v) is 8.22. The number of hydrogen-bond acceptors (Lipinski definition) is 4. The van der Waals surface area contributed by atoms with Gasteiger partial charge in [0.2, 0.25) is 0 Å². The summed E-state index contributed by atoms with van der Waals surface area (Å²) in [6.07, 6.45) is 0. The minimum absolute atomic E-state index is 0.841. The zero-order chi connectivity index (χ0) is 13.9. The molecular weight excluding hydrogens is 327 g/mol. The first kappa shape index (κ1) is 13.7. The molecule has 1 aliphatic rings. The van der Waals surface area contributed by atoms with Crippen LogP contribution in [0.15, 0.2) is 42.5 Å². The van der Waals surface area contributed by atoms with Crippen LogP contribution in [0, 0.1) is 0 Å². The third kappa shape index (κ3) is 2.78. The number of benzene rings is 2. The van der Waals surface area contributed by atoms with Crippen molar-refractivity contribution in [3.05, 3.63) is 48.0 Å². The van der Waals surface area contributed by atoms with E-state index >= 15 is 0 Å². The molecule has 0 spiro atoms. The van der Waals surface area contributed by atoms with Gasteiger partial charge in [0.25, 0.3) is 0 Å². The molecule has 0 saturated heterocycles. The van der Waals surface area contributed by atoms with Crippen molar-refractivity contribution in [2.24, 2.45) is 0 Å². The van der Waals surface area contributed by atoms with Gasteiger partial charge in [-0.05, 0) is 0 Å². The van der Waals surface area contributed by atoms with Crippen LogP contribution in [0.25, 0.3) is 0 Å². The SMILES string of the molecule is CNOc1cc[c]2c(c1)N[C](c1ccc(NC)cc1)=[Y]2. The van der Waals surface area contributed by atoms with Crippen molar-refractivity contribution in [1.29, 1.82) is 0 Å². The van der Waals surface area contributed by atoms with Crippen molar-refractivity contribution in [3.63, 3.8) is 0 Å². The molecule has 0 atom stereocenters. The summed E-state index contributed by atoms with van der Waals surface area (Å²) in [5, 5.41) is 6.71. The van der Waals surface area contributed by atoms with Gasteiger partial charge in [-0.15, -0.1) is 0 Å². The fourth-order valence-electron chi connectivity index (χ4n) is 2.26. The van der Waals surface area contributed by atoms with Gasteiger partial charge >= 0.3 is 134 Å². The Morgan fingerprint density at radius 2 is 1.85 bits per heavy atom. The summed E-state index contributed by atoms with van der Waals surface area (Å²) < 4.78 is 2.90. The second-order valence-electron chi connectivity index (χ2n) is 4.57. The number of nitrogens with one attached hydrogen (secondary N) is 3. The summed E-state index contributed by atoms with van der Waals surface area (Å²) in [5.41, 5.74) is 6.35. The molecule has 1 aliphatic heterocycles. The molecular formula is C15H16N3OY. The number of anilines is 2. The van der Waals surface area contributed by atoms with Crippen molar-refractivity contribution >= 4 is 16.2 Å². The van der Waals surface area contributed by atoms with E-state index < -0.39 is 28.7 Å². The van der Waals surface area contributed by atoms with Crippen molar-refractivity contribution in [2.75, 3.05) is 24.7 Å². The van der Waals surface area contributed by atoms with Crippen LogP contribution in [0.5, 0.6) is 5.75 Å². The first-order chi connectivity index (χ1) is 9.80. The first-order valence-corrected chi connectivity index (χ1v) is 9.38. The Balaban J connectivity index is 1.84. The van der Waals surface area contributed by atoms with E-state index in [0.717, 1.165) is 11.4 Å². The van der Waals surface area contributed by atoms with Crippen molar-refractivity contribution in [1.82, 2.24) is 5.48 Å². The van der Waals surface area contributed by atoms with E-state index in [4.69, 9.17) is 4.84 Å². The number of fused-ring (bicyclic) bond motifs is 1. The van der Waals surface area contributed by atoms with Crippen molar-refractivity contribution in [2.45, 2.75) is 0 Å². The van der Waals surface area contributed by atoms with Crippen molar-refractivity contribution in [3.8, 4) is 5.75 Å². The van der Waals surface area contributed by atoms with Gasteiger partial charge in [0, 0.05) is 0 Å². The Bertz CT molecular complexity index is 653. The molecule has 0 aromatic heterocycles. The van der Waals surface area contributed by atoms with Gasteiger partial charge in [-0.3, -0.25) is 0 Å². The van der Waals surface area contributed by atoms with Gasteiger partial charge in [0.1, 0.15) is 0 Å². The summed E-state index contributed by atoms with van der Waals surface area (Å²) in [7, 11) is 3.70.